The van der Waals surface area contributed by atoms with Gasteiger partial charge < -0.3 is 9.40 Å². The van der Waals surface area contributed by atoms with Gasteiger partial charge in [0.15, 0.2) is 11.2 Å². The first-order valence-electron chi connectivity index (χ1n) is 11.5. The van der Waals surface area contributed by atoms with Crippen LogP contribution in [0.4, 0.5) is 8.78 Å². The van der Waals surface area contributed by atoms with Crippen LogP contribution < -0.4 is 11.2 Å². The summed E-state index contributed by atoms with van der Waals surface area (Å²) in [4.78, 5) is 32.9. The van der Waals surface area contributed by atoms with E-state index in [4.69, 9.17) is 16.0 Å². The molecule has 0 unspecified atom stereocenters. The second-order valence-electron chi connectivity index (χ2n) is 8.81. The minimum atomic E-state index is -0.688. The van der Waals surface area contributed by atoms with Gasteiger partial charge in [-0.3, -0.25) is 13.9 Å². The highest BCUT2D eigenvalue weighted by Crippen LogP contribution is 2.33. The number of fused-ring (bicyclic) bond motifs is 1. The molecule has 0 bridgehead atoms. The second-order valence-corrected chi connectivity index (χ2v) is 9.17. The summed E-state index contributed by atoms with van der Waals surface area (Å²) in [7, 11) is 0. The standard InChI is InChI=1S/C23H23ClF2N6O3/c24-22-27-19-20(28-22)31(9-1-3-13-5-6-13)23(34)32(21(19)33)10-2-4-17-29-30-18(35-17)11-14-7-8-15(25)12-16(14)26/h7-8,12-13H,1-6,9-11H2,(H,27,28). The topological polar surface area (TPSA) is 112 Å². The third-order valence-corrected chi connectivity index (χ3v) is 6.34. The number of aromatic amines is 1. The SMILES string of the molecule is O=c1c2[nH]c(Cl)nc2n(CCCC2CC2)c(=O)n1CCCc1nnc(Cc2ccc(F)cc2F)o1. The van der Waals surface area contributed by atoms with Crippen LogP contribution in [0.2, 0.25) is 5.28 Å². The summed E-state index contributed by atoms with van der Waals surface area (Å²) < 4.78 is 35.2. The second kappa shape index (κ2) is 9.73. The molecule has 1 aliphatic rings. The van der Waals surface area contributed by atoms with Gasteiger partial charge in [0, 0.05) is 25.6 Å². The van der Waals surface area contributed by atoms with Crippen molar-refractivity contribution >= 4 is 22.8 Å². The first-order chi connectivity index (χ1) is 16.9. The van der Waals surface area contributed by atoms with Gasteiger partial charge in [-0.1, -0.05) is 18.9 Å². The van der Waals surface area contributed by atoms with Gasteiger partial charge in [-0.05, 0) is 48.4 Å². The van der Waals surface area contributed by atoms with Crippen LogP contribution in [-0.2, 0) is 25.9 Å². The first kappa shape index (κ1) is 23.4. The maximum Gasteiger partial charge on any atom is 0.332 e. The molecule has 0 amide bonds. The van der Waals surface area contributed by atoms with Crippen molar-refractivity contribution in [1.82, 2.24) is 29.3 Å². The van der Waals surface area contributed by atoms with E-state index in [0.717, 1.165) is 30.9 Å². The van der Waals surface area contributed by atoms with Crippen molar-refractivity contribution in [2.24, 2.45) is 5.92 Å². The molecule has 1 fully saturated rings. The van der Waals surface area contributed by atoms with Crippen LogP contribution in [0.3, 0.4) is 0 Å². The van der Waals surface area contributed by atoms with Crippen LogP contribution >= 0.6 is 11.6 Å². The fourth-order valence-corrected chi connectivity index (χ4v) is 4.33. The van der Waals surface area contributed by atoms with Gasteiger partial charge in [0.2, 0.25) is 17.1 Å². The Kier molecular flexibility index (Phi) is 6.50. The molecule has 1 saturated carbocycles. The molecular formula is C23H23ClF2N6O3. The zero-order valence-electron chi connectivity index (χ0n) is 18.8. The zero-order valence-corrected chi connectivity index (χ0v) is 19.5. The Morgan fingerprint density at radius 3 is 2.63 bits per heavy atom. The van der Waals surface area contributed by atoms with E-state index in [9.17, 15) is 18.4 Å². The van der Waals surface area contributed by atoms with Crippen molar-refractivity contribution < 1.29 is 13.2 Å². The molecule has 0 saturated heterocycles. The van der Waals surface area contributed by atoms with Gasteiger partial charge in [-0.15, -0.1) is 10.2 Å². The highest BCUT2D eigenvalue weighted by atomic mass is 35.5. The summed E-state index contributed by atoms with van der Waals surface area (Å²) in [5, 5.41) is 7.92. The molecule has 3 aromatic heterocycles. The lowest BCUT2D eigenvalue weighted by atomic mass is 10.1. The molecule has 3 heterocycles. The van der Waals surface area contributed by atoms with E-state index in [1.807, 2.05) is 0 Å². The Balaban J connectivity index is 1.28. The monoisotopic (exact) mass is 504 g/mol. The van der Waals surface area contributed by atoms with Crippen molar-refractivity contribution in [2.75, 3.05) is 0 Å². The summed E-state index contributed by atoms with van der Waals surface area (Å²) >= 11 is 5.99. The van der Waals surface area contributed by atoms with E-state index in [1.165, 1.54) is 28.0 Å². The molecule has 0 aliphatic heterocycles. The maximum atomic E-state index is 13.9. The summed E-state index contributed by atoms with van der Waals surface area (Å²) in [6.07, 6.45) is 5.05. The summed E-state index contributed by atoms with van der Waals surface area (Å²) in [5.41, 5.74) is -0.212. The van der Waals surface area contributed by atoms with E-state index in [1.54, 1.807) is 0 Å². The molecule has 4 aromatic rings. The molecule has 1 N–H and O–H groups in total. The molecule has 1 aromatic carbocycles. The number of rotatable bonds is 10. The van der Waals surface area contributed by atoms with Crippen LogP contribution in [0, 0.1) is 17.6 Å². The summed E-state index contributed by atoms with van der Waals surface area (Å²) in [5.74, 6) is -0.133. The Labute approximate surface area is 202 Å². The number of aryl methyl sites for hydroxylation is 2. The molecular weight excluding hydrogens is 482 g/mol. The lowest BCUT2D eigenvalue weighted by Crippen LogP contribution is -2.40. The average molecular weight is 505 g/mol. The van der Waals surface area contributed by atoms with Gasteiger partial charge in [0.25, 0.3) is 5.56 Å². The Morgan fingerprint density at radius 2 is 1.86 bits per heavy atom. The van der Waals surface area contributed by atoms with E-state index < -0.39 is 22.9 Å². The van der Waals surface area contributed by atoms with Crippen molar-refractivity contribution in [1.29, 1.82) is 0 Å². The van der Waals surface area contributed by atoms with E-state index in [0.29, 0.717) is 25.3 Å². The number of hydrogen-bond donors (Lipinski definition) is 1. The van der Waals surface area contributed by atoms with Crippen LogP contribution in [0.5, 0.6) is 0 Å². The van der Waals surface area contributed by atoms with Gasteiger partial charge >= 0.3 is 5.69 Å². The number of imidazole rings is 1. The zero-order chi connectivity index (χ0) is 24.5. The summed E-state index contributed by atoms with van der Waals surface area (Å²) in [6, 6.07) is 3.29. The van der Waals surface area contributed by atoms with Crippen molar-refractivity contribution in [2.45, 2.75) is 58.0 Å². The smallest absolute Gasteiger partial charge is 0.332 e. The van der Waals surface area contributed by atoms with E-state index in [-0.39, 0.29) is 40.9 Å². The van der Waals surface area contributed by atoms with Gasteiger partial charge in [0.05, 0.1) is 6.42 Å². The van der Waals surface area contributed by atoms with Crippen molar-refractivity contribution in [3.8, 4) is 0 Å². The molecule has 0 spiro atoms. The quantitative estimate of drug-likeness (QED) is 0.330. The van der Waals surface area contributed by atoms with Crippen LogP contribution in [0.25, 0.3) is 11.2 Å². The lowest BCUT2D eigenvalue weighted by molar-refractivity contribution is 0.438. The third-order valence-electron chi connectivity index (χ3n) is 6.16. The molecule has 12 heteroatoms. The number of aromatic nitrogens is 6. The van der Waals surface area contributed by atoms with E-state index >= 15 is 0 Å². The van der Waals surface area contributed by atoms with Crippen molar-refractivity contribution in [3.05, 3.63) is 73.3 Å². The minimum absolute atomic E-state index is 0.0292. The van der Waals surface area contributed by atoms with Gasteiger partial charge in [-0.25, -0.2) is 13.6 Å². The Hall–Kier alpha value is -3.34. The predicted octanol–water partition coefficient (Wildman–Crippen LogP) is 3.61. The molecule has 35 heavy (non-hydrogen) atoms. The van der Waals surface area contributed by atoms with E-state index in [2.05, 4.69) is 20.2 Å². The maximum absolute atomic E-state index is 13.9. The molecule has 9 nitrogen and oxygen atoms in total. The lowest BCUT2D eigenvalue weighted by Gasteiger charge is -2.11. The van der Waals surface area contributed by atoms with Crippen molar-refractivity contribution in [3.63, 3.8) is 0 Å². The minimum Gasteiger partial charge on any atom is -0.425 e. The van der Waals surface area contributed by atoms with Gasteiger partial charge in [-0.2, -0.15) is 4.98 Å². The highest BCUT2D eigenvalue weighted by Gasteiger charge is 2.22. The number of H-pyrrole nitrogens is 1. The number of halogens is 3. The number of nitrogens with zero attached hydrogens (tertiary/aromatic N) is 5. The normalized spacial score (nSPS) is 13.7. The highest BCUT2D eigenvalue weighted by molar-refractivity contribution is 6.28. The summed E-state index contributed by atoms with van der Waals surface area (Å²) in [6.45, 7) is 0.595. The molecule has 0 radical (unpaired) electrons. The predicted molar refractivity (Wildman–Crippen MR) is 123 cm³/mol. The first-order valence-corrected chi connectivity index (χ1v) is 11.9. The number of nitrogens with one attached hydrogen (secondary N) is 1. The Morgan fingerprint density at radius 1 is 1.09 bits per heavy atom. The number of benzene rings is 1. The fraction of sp³-hybridized carbons (Fsp3) is 0.435. The van der Waals surface area contributed by atoms with Crippen LogP contribution in [0.15, 0.2) is 32.2 Å². The molecule has 184 valence electrons. The van der Waals surface area contributed by atoms with Crippen LogP contribution in [0.1, 0.15) is 49.4 Å². The third kappa shape index (κ3) is 5.19. The van der Waals surface area contributed by atoms with Gasteiger partial charge in [0.1, 0.15) is 11.6 Å². The molecule has 1 aliphatic carbocycles. The number of hydrogen-bond acceptors (Lipinski definition) is 6. The fourth-order valence-electron chi connectivity index (χ4n) is 4.16. The largest absolute Gasteiger partial charge is 0.425 e. The average Bonchev–Trinajstić information content (AvgIpc) is 3.40. The van der Waals surface area contributed by atoms with Crippen LogP contribution in [-0.4, -0.2) is 29.3 Å². The molecule has 0 atom stereocenters. The Bertz CT molecular complexity index is 1490. The molecule has 5 rings (SSSR count).